The van der Waals surface area contributed by atoms with Gasteiger partial charge in [0.25, 0.3) is 0 Å². The number of nitrogens with zero attached hydrogens (tertiary/aromatic N) is 3. The first-order chi connectivity index (χ1) is 17.9. The third-order valence-corrected chi connectivity index (χ3v) is 9.70. The van der Waals surface area contributed by atoms with Crippen LogP contribution in [0.4, 0.5) is 11.6 Å². The number of carbonyl (C=O) groups is 1. The monoisotopic (exact) mass is 539 g/mol. The van der Waals surface area contributed by atoms with Crippen molar-refractivity contribution in [2.24, 2.45) is 5.73 Å². The number of aromatic nitrogens is 3. The van der Waals surface area contributed by atoms with Crippen LogP contribution in [-0.4, -0.2) is 52.5 Å². The van der Waals surface area contributed by atoms with Gasteiger partial charge in [0.05, 0.1) is 21.9 Å². The highest BCUT2D eigenvalue weighted by molar-refractivity contribution is 7.92. The number of rotatable bonds is 7. The molecule has 0 bridgehead atoms. The molecule has 5 rings (SSSR count). The van der Waals surface area contributed by atoms with E-state index in [0.717, 1.165) is 10.9 Å². The predicted octanol–water partition coefficient (Wildman–Crippen LogP) is 3.97. The number of pyridine rings is 3. The second kappa shape index (κ2) is 9.46. The van der Waals surface area contributed by atoms with Crippen molar-refractivity contribution < 1.29 is 22.7 Å². The quantitative estimate of drug-likeness (QED) is 0.423. The molecule has 4 heterocycles. The van der Waals surface area contributed by atoms with Crippen LogP contribution in [0, 0.1) is 0 Å². The van der Waals surface area contributed by atoms with Crippen LogP contribution in [0.15, 0.2) is 30.6 Å². The fourth-order valence-electron chi connectivity index (χ4n) is 4.84. The van der Waals surface area contributed by atoms with Crippen LogP contribution in [0.3, 0.4) is 0 Å². The zero-order chi connectivity index (χ0) is 27.4. The predicted molar refractivity (Wildman–Crippen MR) is 144 cm³/mol. The van der Waals surface area contributed by atoms with E-state index in [1.165, 1.54) is 0 Å². The van der Waals surface area contributed by atoms with E-state index in [1.807, 2.05) is 33.8 Å². The Morgan fingerprint density at radius 2 is 1.87 bits per heavy atom. The normalized spacial score (nSPS) is 23.4. The highest BCUT2D eigenvalue weighted by atomic mass is 32.2. The van der Waals surface area contributed by atoms with Crippen molar-refractivity contribution in [1.29, 1.82) is 0 Å². The van der Waals surface area contributed by atoms with Crippen molar-refractivity contribution in [2.45, 2.75) is 76.4 Å². The molecule has 2 aliphatic rings. The third-order valence-electron chi connectivity index (χ3n) is 7.50. The van der Waals surface area contributed by atoms with Crippen molar-refractivity contribution in [2.75, 3.05) is 11.1 Å². The van der Waals surface area contributed by atoms with E-state index < -0.39 is 15.4 Å². The first-order valence-corrected chi connectivity index (χ1v) is 14.5. The van der Waals surface area contributed by atoms with Gasteiger partial charge in [-0.25, -0.2) is 28.2 Å². The summed E-state index contributed by atoms with van der Waals surface area (Å²) in [6.07, 6.45) is 3.80. The lowest BCUT2D eigenvalue weighted by Gasteiger charge is -2.34. The number of hydrogen-bond acceptors (Lipinski definition) is 10. The summed E-state index contributed by atoms with van der Waals surface area (Å²) in [6, 6.07) is 5.31. The summed E-state index contributed by atoms with van der Waals surface area (Å²) in [7, 11) is -3.08. The van der Waals surface area contributed by atoms with Crippen molar-refractivity contribution in [3.05, 3.63) is 47.4 Å². The number of nitrogens with two attached hydrogens (primary N) is 1. The van der Waals surface area contributed by atoms with Crippen molar-refractivity contribution in [3.63, 3.8) is 0 Å². The van der Waals surface area contributed by atoms with Gasteiger partial charge in [0.2, 0.25) is 5.88 Å². The van der Waals surface area contributed by atoms with Gasteiger partial charge in [-0.3, -0.25) is 0 Å². The van der Waals surface area contributed by atoms with Crippen molar-refractivity contribution >= 4 is 38.2 Å². The lowest BCUT2D eigenvalue weighted by molar-refractivity contribution is 0.0235. The Labute approximate surface area is 222 Å². The highest BCUT2D eigenvalue weighted by Gasteiger charge is 2.39. The van der Waals surface area contributed by atoms with E-state index >= 15 is 0 Å². The lowest BCUT2D eigenvalue weighted by atomic mass is 9.92. The molecule has 0 aromatic carbocycles. The first-order valence-electron chi connectivity index (χ1n) is 12.8. The second-order valence-electron chi connectivity index (χ2n) is 10.8. The molecular weight excluding hydrogens is 506 g/mol. The Morgan fingerprint density at radius 1 is 1.13 bits per heavy atom. The second-order valence-corrected chi connectivity index (χ2v) is 13.3. The maximum Gasteiger partial charge on any atom is 0.340 e. The number of hydrogen-bond donors (Lipinski definition) is 2. The molecule has 1 aliphatic carbocycles. The Bertz CT molecular complexity index is 1510. The van der Waals surface area contributed by atoms with E-state index in [9.17, 15) is 13.2 Å². The van der Waals surface area contributed by atoms with E-state index in [2.05, 4.69) is 20.3 Å². The van der Waals surface area contributed by atoms with Crippen LogP contribution in [0.2, 0.25) is 0 Å². The maximum atomic E-state index is 12.3. The SMILES string of the molecule is CCS(=O)(=O)C1CC(Oc2ncc(C(C)(C)N)c3cc(Nc4ccc5c(n4)C(C)[C@H](C)OC5=O)ncc23)C1. The molecule has 10 nitrogen and oxygen atoms in total. The maximum absolute atomic E-state index is 12.3. The molecule has 0 radical (unpaired) electrons. The summed E-state index contributed by atoms with van der Waals surface area (Å²) in [4.78, 5) is 26.0. The molecule has 1 saturated carbocycles. The summed E-state index contributed by atoms with van der Waals surface area (Å²) in [5.41, 5.74) is 7.75. The van der Waals surface area contributed by atoms with Gasteiger partial charge in [0, 0.05) is 42.4 Å². The standard InChI is InChI=1S/C27H33N5O5S/c1-6-38(34,35)17-9-16(10-17)37-25-20-12-29-23(11-19(20)21(13-30-25)27(4,5)28)31-22-8-7-18-24(32-22)14(2)15(3)36-26(18)33/h7-8,11-17H,6,9-10,28H2,1-5H3,(H,29,31,32)/t14?,15-,16?,17?/m0/s1. The number of ether oxygens (including phenoxy) is 2. The molecule has 202 valence electrons. The van der Waals surface area contributed by atoms with Gasteiger partial charge in [-0.2, -0.15) is 0 Å². The topological polar surface area (TPSA) is 146 Å². The molecule has 1 unspecified atom stereocenters. The van der Waals surface area contributed by atoms with Crippen LogP contribution in [-0.2, 0) is 20.1 Å². The number of sulfone groups is 1. The number of nitrogens with one attached hydrogen (secondary N) is 1. The minimum absolute atomic E-state index is 0.0390. The largest absolute Gasteiger partial charge is 0.474 e. The van der Waals surface area contributed by atoms with Crippen molar-refractivity contribution in [1.82, 2.24) is 15.0 Å². The first kappa shape index (κ1) is 26.3. The summed E-state index contributed by atoms with van der Waals surface area (Å²) >= 11 is 0. The molecule has 3 aromatic heterocycles. The van der Waals surface area contributed by atoms with Gasteiger partial charge in [0.1, 0.15) is 23.8 Å². The van der Waals surface area contributed by atoms with E-state index in [0.29, 0.717) is 47.0 Å². The Hall–Kier alpha value is -3.31. The molecule has 2 atom stereocenters. The molecule has 1 aliphatic heterocycles. The fraction of sp³-hybridized carbons (Fsp3) is 0.481. The number of esters is 1. The number of cyclic esters (lactones) is 1. The molecule has 0 saturated heterocycles. The van der Waals surface area contributed by atoms with E-state index in [4.69, 9.17) is 15.2 Å². The summed E-state index contributed by atoms with van der Waals surface area (Å²) < 4.78 is 35.8. The van der Waals surface area contributed by atoms with E-state index in [1.54, 1.807) is 31.5 Å². The molecular formula is C27H33N5O5S. The number of carbonyl (C=O) groups excluding carboxylic acids is 1. The van der Waals surface area contributed by atoms with Gasteiger partial charge in [0.15, 0.2) is 9.84 Å². The van der Waals surface area contributed by atoms with E-state index in [-0.39, 0.29) is 35.1 Å². The van der Waals surface area contributed by atoms with Crippen LogP contribution in [0.5, 0.6) is 5.88 Å². The minimum Gasteiger partial charge on any atom is -0.474 e. The molecule has 38 heavy (non-hydrogen) atoms. The van der Waals surface area contributed by atoms with Gasteiger partial charge in [-0.1, -0.05) is 13.8 Å². The zero-order valence-electron chi connectivity index (χ0n) is 22.2. The van der Waals surface area contributed by atoms with Gasteiger partial charge < -0.3 is 20.5 Å². The minimum atomic E-state index is -3.08. The average molecular weight is 540 g/mol. The fourth-order valence-corrected chi connectivity index (χ4v) is 6.33. The zero-order valence-corrected chi connectivity index (χ0v) is 23.0. The average Bonchev–Trinajstić information content (AvgIpc) is 2.83. The van der Waals surface area contributed by atoms with Crippen molar-refractivity contribution in [3.8, 4) is 5.88 Å². The van der Waals surface area contributed by atoms with Crippen LogP contribution in [0.25, 0.3) is 10.8 Å². The van der Waals surface area contributed by atoms with Gasteiger partial charge in [-0.05, 0) is 49.9 Å². The molecule has 3 N–H and O–H groups in total. The number of anilines is 2. The molecule has 1 fully saturated rings. The Balaban J connectivity index is 1.45. The smallest absolute Gasteiger partial charge is 0.340 e. The summed E-state index contributed by atoms with van der Waals surface area (Å²) in [5.74, 6) is 1.23. The molecule has 0 spiro atoms. The summed E-state index contributed by atoms with van der Waals surface area (Å²) in [6.45, 7) is 9.30. The summed E-state index contributed by atoms with van der Waals surface area (Å²) in [5, 5.41) is 4.39. The third kappa shape index (κ3) is 4.80. The Morgan fingerprint density at radius 3 is 2.55 bits per heavy atom. The molecule has 3 aromatic rings. The molecule has 0 amide bonds. The lowest BCUT2D eigenvalue weighted by Crippen LogP contribution is -2.43. The number of fused-ring (bicyclic) bond motifs is 2. The Kier molecular flexibility index (Phi) is 6.55. The van der Waals surface area contributed by atoms with Crippen LogP contribution < -0.4 is 15.8 Å². The molecule has 11 heteroatoms. The van der Waals surface area contributed by atoms with Gasteiger partial charge >= 0.3 is 5.97 Å². The van der Waals surface area contributed by atoms with Gasteiger partial charge in [-0.15, -0.1) is 0 Å². The van der Waals surface area contributed by atoms with Crippen LogP contribution >= 0.6 is 0 Å². The van der Waals surface area contributed by atoms with Crippen LogP contribution in [0.1, 0.15) is 75.0 Å². The highest BCUT2D eigenvalue weighted by Crippen LogP contribution is 2.37.